The molecule has 0 aromatic rings. The molecule has 0 radical (unpaired) electrons. The largest absolute Gasteiger partial charge is 0.306 e. The maximum atomic E-state index is 2.80. The highest BCUT2D eigenvalue weighted by Crippen LogP contribution is 2.51. The molecule has 4 aliphatic rings. The van der Waals surface area contributed by atoms with Crippen LogP contribution in [0.5, 0.6) is 0 Å². The van der Waals surface area contributed by atoms with Crippen molar-refractivity contribution in [2.45, 2.75) is 57.5 Å². The van der Waals surface area contributed by atoms with Gasteiger partial charge in [-0.1, -0.05) is 6.92 Å². The number of piperidine rings is 2. The molecule has 1 saturated carbocycles. The van der Waals surface area contributed by atoms with Crippen LogP contribution in [0.15, 0.2) is 0 Å². The predicted octanol–water partition coefficient (Wildman–Crippen LogP) is 2.28. The van der Waals surface area contributed by atoms with Crippen molar-refractivity contribution < 1.29 is 0 Å². The molecule has 0 amide bonds. The maximum Gasteiger partial charge on any atom is 0.0350 e. The molecule has 3 nitrogen and oxygen atoms in total. The number of rotatable bonds is 2. The third-order valence-corrected chi connectivity index (χ3v) is 7.00. The van der Waals surface area contributed by atoms with Gasteiger partial charge in [-0.25, -0.2) is 0 Å². The molecule has 0 aromatic heterocycles. The molecule has 1 spiro atoms. The molecule has 21 heavy (non-hydrogen) atoms. The van der Waals surface area contributed by atoms with Gasteiger partial charge in [0.25, 0.3) is 0 Å². The molecular weight excluding hydrogens is 258 g/mol. The third kappa shape index (κ3) is 2.77. The fourth-order valence-corrected chi connectivity index (χ4v) is 5.27. The van der Waals surface area contributed by atoms with E-state index in [2.05, 4.69) is 28.7 Å². The van der Waals surface area contributed by atoms with Gasteiger partial charge >= 0.3 is 0 Å². The monoisotopic (exact) mass is 291 g/mol. The zero-order chi connectivity index (χ0) is 14.4. The van der Waals surface area contributed by atoms with E-state index >= 15 is 0 Å². The normalized spacial score (nSPS) is 36.6. The summed E-state index contributed by atoms with van der Waals surface area (Å²) in [7, 11) is 2.28. The van der Waals surface area contributed by atoms with Gasteiger partial charge in [0, 0.05) is 31.7 Å². The van der Waals surface area contributed by atoms with Crippen LogP contribution >= 0.6 is 0 Å². The standard InChI is InChI=1S/C18H33N3/c1-15-4-3-7-20(12-15)17-13-21(14-17)16-10-18(11-16)5-8-19(2)9-6-18/h15-17H,3-14H2,1-2H3. The highest BCUT2D eigenvalue weighted by atomic mass is 15.3. The number of hydrogen-bond acceptors (Lipinski definition) is 3. The molecule has 0 bridgehead atoms. The van der Waals surface area contributed by atoms with Crippen molar-refractivity contribution >= 4 is 0 Å². The summed E-state index contributed by atoms with van der Waals surface area (Å²) in [4.78, 5) is 8.10. The lowest BCUT2D eigenvalue weighted by molar-refractivity contribution is -0.0919. The average Bonchev–Trinajstić information content (AvgIpc) is 2.37. The van der Waals surface area contributed by atoms with Crippen molar-refractivity contribution in [3.05, 3.63) is 0 Å². The Hall–Kier alpha value is -0.120. The van der Waals surface area contributed by atoms with Crippen LogP contribution in [0.25, 0.3) is 0 Å². The average molecular weight is 291 g/mol. The highest BCUT2D eigenvalue weighted by Gasteiger charge is 2.50. The smallest absolute Gasteiger partial charge is 0.0350 e. The van der Waals surface area contributed by atoms with Crippen LogP contribution in [0.1, 0.15) is 45.4 Å². The lowest BCUT2D eigenvalue weighted by Gasteiger charge is -2.59. The zero-order valence-electron chi connectivity index (χ0n) is 14.1. The topological polar surface area (TPSA) is 9.72 Å². The van der Waals surface area contributed by atoms with Crippen LogP contribution in [0, 0.1) is 11.3 Å². The van der Waals surface area contributed by atoms with Gasteiger partial charge in [0.2, 0.25) is 0 Å². The van der Waals surface area contributed by atoms with E-state index in [4.69, 9.17) is 0 Å². The third-order valence-electron chi connectivity index (χ3n) is 7.00. The van der Waals surface area contributed by atoms with Crippen LogP contribution in [0.3, 0.4) is 0 Å². The predicted molar refractivity (Wildman–Crippen MR) is 87.5 cm³/mol. The zero-order valence-corrected chi connectivity index (χ0v) is 14.1. The van der Waals surface area contributed by atoms with Gasteiger partial charge in [-0.05, 0) is 76.5 Å². The van der Waals surface area contributed by atoms with Gasteiger partial charge in [0.1, 0.15) is 0 Å². The molecule has 1 aliphatic carbocycles. The van der Waals surface area contributed by atoms with Crippen LogP contribution < -0.4 is 0 Å². The first-order valence-corrected chi connectivity index (χ1v) is 9.30. The minimum Gasteiger partial charge on any atom is -0.306 e. The van der Waals surface area contributed by atoms with E-state index < -0.39 is 0 Å². The van der Waals surface area contributed by atoms with E-state index in [1.165, 1.54) is 77.8 Å². The SMILES string of the molecule is CC1CCCN(C2CN(C3CC4(CCN(C)CC4)C3)C2)C1. The molecule has 3 heterocycles. The summed E-state index contributed by atoms with van der Waals surface area (Å²) in [5, 5.41) is 0. The Morgan fingerprint density at radius 2 is 1.57 bits per heavy atom. The van der Waals surface area contributed by atoms with E-state index in [-0.39, 0.29) is 0 Å². The van der Waals surface area contributed by atoms with Gasteiger partial charge in [-0.15, -0.1) is 0 Å². The summed E-state index contributed by atoms with van der Waals surface area (Å²) in [6, 6.07) is 1.83. The Labute approximate surface area is 130 Å². The summed E-state index contributed by atoms with van der Waals surface area (Å²) < 4.78 is 0. The molecule has 0 aromatic carbocycles. The fraction of sp³-hybridized carbons (Fsp3) is 1.00. The number of hydrogen-bond donors (Lipinski definition) is 0. The van der Waals surface area contributed by atoms with E-state index in [9.17, 15) is 0 Å². The van der Waals surface area contributed by atoms with Gasteiger partial charge in [-0.3, -0.25) is 9.80 Å². The van der Waals surface area contributed by atoms with Crippen LogP contribution in [0.2, 0.25) is 0 Å². The fourth-order valence-electron chi connectivity index (χ4n) is 5.27. The maximum absolute atomic E-state index is 2.80. The van der Waals surface area contributed by atoms with Crippen molar-refractivity contribution in [2.24, 2.45) is 11.3 Å². The van der Waals surface area contributed by atoms with Gasteiger partial charge in [0.15, 0.2) is 0 Å². The Kier molecular flexibility index (Phi) is 3.79. The van der Waals surface area contributed by atoms with Gasteiger partial charge < -0.3 is 4.90 Å². The van der Waals surface area contributed by atoms with Crippen molar-refractivity contribution in [3.8, 4) is 0 Å². The molecule has 4 fully saturated rings. The molecule has 3 heteroatoms. The van der Waals surface area contributed by atoms with E-state index in [0.717, 1.165) is 23.4 Å². The van der Waals surface area contributed by atoms with E-state index in [1.54, 1.807) is 0 Å². The quantitative estimate of drug-likeness (QED) is 0.773. The first-order valence-electron chi connectivity index (χ1n) is 9.30. The number of nitrogens with zero attached hydrogens (tertiary/aromatic N) is 3. The summed E-state index contributed by atoms with van der Waals surface area (Å²) in [6.45, 7) is 10.6. The van der Waals surface area contributed by atoms with Crippen LogP contribution in [0.4, 0.5) is 0 Å². The Balaban J connectivity index is 1.21. The van der Waals surface area contributed by atoms with E-state index in [1.807, 2.05) is 0 Å². The van der Waals surface area contributed by atoms with Crippen molar-refractivity contribution in [3.63, 3.8) is 0 Å². The van der Waals surface area contributed by atoms with E-state index in [0.29, 0.717) is 0 Å². The van der Waals surface area contributed by atoms with Crippen LogP contribution in [-0.4, -0.2) is 73.1 Å². The highest BCUT2D eigenvalue weighted by molar-refractivity contribution is 5.04. The molecule has 1 atom stereocenters. The summed E-state index contributed by atoms with van der Waals surface area (Å²) in [5.41, 5.74) is 0.752. The molecule has 3 saturated heterocycles. The Morgan fingerprint density at radius 3 is 2.24 bits per heavy atom. The second kappa shape index (κ2) is 5.50. The molecule has 1 unspecified atom stereocenters. The Bertz CT molecular complexity index is 361. The van der Waals surface area contributed by atoms with Crippen molar-refractivity contribution in [2.75, 3.05) is 46.3 Å². The minimum absolute atomic E-state index is 0.752. The molecule has 3 aliphatic heterocycles. The summed E-state index contributed by atoms with van der Waals surface area (Å²) >= 11 is 0. The van der Waals surface area contributed by atoms with Crippen LogP contribution in [-0.2, 0) is 0 Å². The molecule has 0 N–H and O–H groups in total. The van der Waals surface area contributed by atoms with Crippen molar-refractivity contribution in [1.29, 1.82) is 0 Å². The van der Waals surface area contributed by atoms with Crippen molar-refractivity contribution in [1.82, 2.24) is 14.7 Å². The minimum atomic E-state index is 0.752. The van der Waals surface area contributed by atoms with Gasteiger partial charge in [-0.2, -0.15) is 0 Å². The second-order valence-electron chi connectivity index (χ2n) is 8.72. The summed E-state index contributed by atoms with van der Waals surface area (Å²) in [5.74, 6) is 0.930. The molecular formula is C18H33N3. The van der Waals surface area contributed by atoms with Gasteiger partial charge in [0.05, 0.1) is 0 Å². The first-order chi connectivity index (χ1) is 10.1. The lowest BCUT2D eigenvalue weighted by Crippen LogP contribution is -2.67. The lowest BCUT2D eigenvalue weighted by atomic mass is 9.59. The first kappa shape index (κ1) is 14.5. The molecule has 4 rings (SSSR count). The summed E-state index contributed by atoms with van der Waals surface area (Å²) in [6.07, 6.45) is 8.81. The Morgan fingerprint density at radius 1 is 0.857 bits per heavy atom. The number of likely N-dealkylation sites (tertiary alicyclic amines) is 3. The second-order valence-corrected chi connectivity index (χ2v) is 8.72. The molecule has 120 valence electrons.